The van der Waals surface area contributed by atoms with Crippen molar-refractivity contribution >= 4 is 11.8 Å². The standard InChI is InChI=1S/C17H27NOS/c1-13-8-14(2)10-15(9-13)11-20-7-6-17(3,12-19)18-16-4-5-16/h8-10,16,18-19H,4-7,11-12H2,1-3H3. The summed E-state index contributed by atoms with van der Waals surface area (Å²) in [6, 6.07) is 7.41. The van der Waals surface area contributed by atoms with Gasteiger partial charge in [-0.05, 0) is 51.3 Å². The van der Waals surface area contributed by atoms with E-state index in [0.29, 0.717) is 6.04 Å². The van der Waals surface area contributed by atoms with Gasteiger partial charge >= 0.3 is 0 Å². The van der Waals surface area contributed by atoms with Crippen molar-refractivity contribution in [2.45, 2.75) is 57.4 Å². The lowest BCUT2D eigenvalue weighted by Crippen LogP contribution is -2.47. The number of benzene rings is 1. The average Bonchev–Trinajstić information content (AvgIpc) is 3.17. The van der Waals surface area contributed by atoms with E-state index >= 15 is 0 Å². The highest BCUT2D eigenvalue weighted by atomic mass is 32.2. The molecule has 1 aromatic rings. The highest BCUT2D eigenvalue weighted by Crippen LogP contribution is 2.25. The molecular formula is C17H27NOS. The molecule has 0 spiro atoms. The summed E-state index contributed by atoms with van der Waals surface area (Å²) in [4.78, 5) is 0. The molecule has 0 heterocycles. The van der Waals surface area contributed by atoms with Crippen LogP contribution < -0.4 is 5.32 Å². The van der Waals surface area contributed by atoms with Crippen molar-refractivity contribution in [1.82, 2.24) is 5.32 Å². The van der Waals surface area contributed by atoms with E-state index in [4.69, 9.17) is 0 Å². The van der Waals surface area contributed by atoms with Crippen molar-refractivity contribution in [1.29, 1.82) is 0 Å². The minimum Gasteiger partial charge on any atom is -0.394 e. The Morgan fingerprint density at radius 2 is 1.90 bits per heavy atom. The molecule has 1 unspecified atom stereocenters. The van der Waals surface area contributed by atoms with Gasteiger partial charge in [0.1, 0.15) is 0 Å². The predicted octanol–water partition coefficient (Wildman–Crippen LogP) is 3.43. The zero-order valence-corrected chi connectivity index (χ0v) is 13.7. The summed E-state index contributed by atoms with van der Waals surface area (Å²) >= 11 is 1.96. The maximum Gasteiger partial charge on any atom is 0.0610 e. The molecule has 1 aliphatic carbocycles. The maximum atomic E-state index is 9.58. The number of rotatable bonds is 8. The molecule has 1 aliphatic rings. The lowest BCUT2D eigenvalue weighted by Gasteiger charge is -2.29. The minimum atomic E-state index is -0.101. The third-order valence-corrected chi connectivity index (χ3v) is 4.86. The summed E-state index contributed by atoms with van der Waals surface area (Å²) in [6.07, 6.45) is 3.56. The van der Waals surface area contributed by atoms with Gasteiger partial charge in [-0.3, -0.25) is 0 Å². The summed E-state index contributed by atoms with van der Waals surface area (Å²) in [5, 5.41) is 13.1. The first-order valence-corrected chi connectivity index (χ1v) is 8.70. The first-order chi connectivity index (χ1) is 9.50. The fraction of sp³-hybridized carbons (Fsp3) is 0.647. The van der Waals surface area contributed by atoms with E-state index in [0.717, 1.165) is 17.9 Å². The second-order valence-corrected chi connectivity index (χ2v) is 7.54. The van der Waals surface area contributed by atoms with Crippen LogP contribution in [0, 0.1) is 13.8 Å². The Hall–Kier alpha value is -0.510. The van der Waals surface area contributed by atoms with Gasteiger partial charge in [0.2, 0.25) is 0 Å². The molecule has 1 fully saturated rings. The van der Waals surface area contributed by atoms with Gasteiger partial charge in [-0.25, -0.2) is 0 Å². The van der Waals surface area contributed by atoms with Crippen LogP contribution >= 0.6 is 11.8 Å². The van der Waals surface area contributed by atoms with Gasteiger partial charge in [-0.2, -0.15) is 11.8 Å². The van der Waals surface area contributed by atoms with Crippen LogP contribution in [0.15, 0.2) is 18.2 Å². The van der Waals surface area contributed by atoms with E-state index in [2.05, 4.69) is 44.3 Å². The molecule has 0 radical (unpaired) electrons. The van der Waals surface area contributed by atoms with E-state index in [1.165, 1.54) is 29.5 Å². The molecule has 0 saturated heterocycles. The van der Waals surface area contributed by atoms with Crippen LogP contribution in [0.3, 0.4) is 0 Å². The molecule has 0 aliphatic heterocycles. The smallest absolute Gasteiger partial charge is 0.0610 e. The minimum absolute atomic E-state index is 0.101. The van der Waals surface area contributed by atoms with E-state index in [1.807, 2.05) is 11.8 Å². The molecule has 3 heteroatoms. The van der Waals surface area contributed by atoms with Crippen LogP contribution in [-0.4, -0.2) is 29.0 Å². The molecule has 0 aromatic heterocycles. The topological polar surface area (TPSA) is 32.3 Å². The Balaban J connectivity index is 1.74. The van der Waals surface area contributed by atoms with Crippen LogP contribution in [0.2, 0.25) is 0 Å². The van der Waals surface area contributed by atoms with E-state index in [1.54, 1.807) is 0 Å². The second-order valence-electron chi connectivity index (χ2n) is 6.44. The van der Waals surface area contributed by atoms with Crippen molar-refractivity contribution in [3.8, 4) is 0 Å². The maximum absolute atomic E-state index is 9.58. The normalized spacial score (nSPS) is 18.0. The van der Waals surface area contributed by atoms with Crippen LogP contribution in [0.25, 0.3) is 0 Å². The van der Waals surface area contributed by atoms with Crippen molar-refractivity contribution in [2.24, 2.45) is 0 Å². The van der Waals surface area contributed by atoms with Gasteiger partial charge in [0, 0.05) is 17.3 Å². The number of hydrogen-bond donors (Lipinski definition) is 2. The third kappa shape index (κ3) is 5.12. The zero-order valence-electron chi connectivity index (χ0n) is 12.9. The van der Waals surface area contributed by atoms with Gasteiger partial charge in [0.25, 0.3) is 0 Å². The largest absolute Gasteiger partial charge is 0.394 e. The molecule has 1 aromatic carbocycles. The van der Waals surface area contributed by atoms with Crippen LogP contribution in [-0.2, 0) is 5.75 Å². The quantitative estimate of drug-likeness (QED) is 0.720. The molecule has 112 valence electrons. The molecule has 0 bridgehead atoms. The number of aryl methyl sites for hydroxylation is 2. The number of nitrogens with one attached hydrogen (secondary N) is 1. The second kappa shape index (κ2) is 6.97. The highest BCUT2D eigenvalue weighted by Gasteiger charge is 2.31. The molecule has 2 nitrogen and oxygen atoms in total. The number of hydrogen-bond acceptors (Lipinski definition) is 3. The highest BCUT2D eigenvalue weighted by molar-refractivity contribution is 7.98. The molecule has 1 saturated carbocycles. The van der Waals surface area contributed by atoms with Crippen LogP contribution in [0.1, 0.15) is 42.9 Å². The summed E-state index contributed by atoms with van der Waals surface area (Å²) in [5.74, 6) is 2.15. The van der Waals surface area contributed by atoms with Gasteiger partial charge in [-0.15, -0.1) is 0 Å². The Kier molecular flexibility index (Phi) is 5.53. The molecule has 2 rings (SSSR count). The fourth-order valence-electron chi connectivity index (χ4n) is 2.56. The summed E-state index contributed by atoms with van der Waals surface area (Å²) in [7, 11) is 0. The van der Waals surface area contributed by atoms with Gasteiger partial charge in [0.05, 0.1) is 6.61 Å². The van der Waals surface area contributed by atoms with Gasteiger partial charge < -0.3 is 10.4 Å². The summed E-state index contributed by atoms with van der Waals surface area (Å²) in [6.45, 7) is 6.68. The average molecular weight is 293 g/mol. The van der Waals surface area contributed by atoms with Gasteiger partial charge in [0.15, 0.2) is 0 Å². The summed E-state index contributed by atoms with van der Waals surface area (Å²) in [5.41, 5.74) is 4.00. The molecule has 20 heavy (non-hydrogen) atoms. The third-order valence-electron chi connectivity index (χ3n) is 3.83. The Labute approximate surface area is 127 Å². The lowest BCUT2D eigenvalue weighted by molar-refractivity contribution is 0.169. The molecule has 0 amide bonds. The number of aliphatic hydroxyl groups is 1. The Morgan fingerprint density at radius 3 is 2.45 bits per heavy atom. The molecular weight excluding hydrogens is 266 g/mol. The monoisotopic (exact) mass is 293 g/mol. The Morgan fingerprint density at radius 1 is 1.25 bits per heavy atom. The SMILES string of the molecule is Cc1cc(C)cc(CSCCC(C)(CO)NC2CC2)c1. The van der Waals surface area contributed by atoms with Crippen molar-refractivity contribution in [3.63, 3.8) is 0 Å². The number of thioether (sulfide) groups is 1. The van der Waals surface area contributed by atoms with Crippen LogP contribution in [0.5, 0.6) is 0 Å². The van der Waals surface area contributed by atoms with Crippen molar-refractivity contribution in [2.75, 3.05) is 12.4 Å². The fourth-order valence-corrected chi connectivity index (χ4v) is 3.70. The van der Waals surface area contributed by atoms with Crippen molar-refractivity contribution in [3.05, 3.63) is 34.9 Å². The molecule has 2 N–H and O–H groups in total. The zero-order chi connectivity index (χ0) is 14.6. The van der Waals surface area contributed by atoms with E-state index < -0.39 is 0 Å². The summed E-state index contributed by atoms with van der Waals surface area (Å²) < 4.78 is 0. The Bertz CT molecular complexity index is 424. The van der Waals surface area contributed by atoms with Crippen LogP contribution in [0.4, 0.5) is 0 Å². The van der Waals surface area contributed by atoms with Crippen molar-refractivity contribution < 1.29 is 5.11 Å². The van der Waals surface area contributed by atoms with E-state index in [9.17, 15) is 5.11 Å². The number of aliphatic hydroxyl groups excluding tert-OH is 1. The van der Waals surface area contributed by atoms with Gasteiger partial charge in [-0.1, -0.05) is 29.3 Å². The first kappa shape index (κ1) is 15.9. The van der Waals surface area contributed by atoms with E-state index in [-0.39, 0.29) is 12.1 Å². The predicted molar refractivity (Wildman–Crippen MR) is 88.3 cm³/mol. The lowest BCUT2D eigenvalue weighted by atomic mass is 10.0. The molecule has 1 atom stereocenters. The first-order valence-electron chi connectivity index (χ1n) is 7.54.